The highest BCUT2D eigenvalue weighted by molar-refractivity contribution is 5.57. The Morgan fingerprint density at radius 2 is 2.00 bits per heavy atom. The predicted molar refractivity (Wildman–Crippen MR) is 96.8 cm³/mol. The van der Waals surface area contributed by atoms with Gasteiger partial charge in [0, 0.05) is 25.7 Å². The topological polar surface area (TPSA) is 70.1 Å². The van der Waals surface area contributed by atoms with Crippen LogP contribution in [-0.4, -0.2) is 42.8 Å². The fraction of sp³-hybridized carbons (Fsp3) is 0.579. The molecule has 136 valence electrons. The van der Waals surface area contributed by atoms with E-state index < -0.39 is 0 Å². The second-order valence-corrected chi connectivity index (χ2v) is 7.46. The molecule has 0 bridgehead atoms. The molecule has 7 heteroatoms. The van der Waals surface area contributed by atoms with Crippen molar-refractivity contribution in [1.29, 1.82) is 0 Å². The average Bonchev–Trinajstić information content (AvgIpc) is 3.24. The predicted octanol–water partition coefficient (Wildman–Crippen LogP) is 2.85. The van der Waals surface area contributed by atoms with Gasteiger partial charge >= 0.3 is 0 Å². The molecule has 1 aliphatic carbocycles. The molecule has 3 aromatic heterocycles. The fourth-order valence-electron chi connectivity index (χ4n) is 4.32. The lowest BCUT2D eigenvalue weighted by Gasteiger charge is -2.21. The van der Waals surface area contributed by atoms with Crippen LogP contribution in [0.1, 0.15) is 43.6 Å². The maximum Gasteiger partial charge on any atom is 0.177 e. The number of hydrogen-bond donors (Lipinski definition) is 0. The summed E-state index contributed by atoms with van der Waals surface area (Å²) in [5, 5.41) is 17.9. The number of aromatic nitrogens is 6. The Morgan fingerprint density at radius 1 is 1.15 bits per heavy atom. The summed E-state index contributed by atoms with van der Waals surface area (Å²) >= 11 is 0. The first-order chi connectivity index (χ1) is 12.7. The highest BCUT2D eigenvalue weighted by Crippen LogP contribution is 2.54. The van der Waals surface area contributed by atoms with E-state index in [1.54, 1.807) is 4.52 Å². The minimum atomic E-state index is 0.602. The van der Waals surface area contributed by atoms with Gasteiger partial charge in [0.25, 0.3) is 0 Å². The van der Waals surface area contributed by atoms with Gasteiger partial charge in [0.15, 0.2) is 11.5 Å². The number of rotatable bonds is 4. The monoisotopic (exact) mass is 352 g/mol. The quantitative estimate of drug-likeness (QED) is 0.722. The molecule has 2 atom stereocenters. The van der Waals surface area contributed by atoms with Gasteiger partial charge in [-0.15, -0.1) is 10.2 Å². The SMILES string of the molecule is CCn1nc(C2CC2C2CCOCC2)cc1-c1ccc2nnc(C)n2n1. The smallest absolute Gasteiger partial charge is 0.177 e. The summed E-state index contributed by atoms with van der Waals surface area (Å²) in [6.07, 6.45) is 3.67. The molecule has 1 aliphatic heterocycles. The van der Waals surface area contributed by atoms with Crippen molar-refractivity contribution in [3.8, 4) is 11.4 Å². The number of aryl methyl sites for hydroxylation is 2. The number of fused-ring (bicyclic) bond motifs is 1. The Morgan fingerprint density at radius 3 is 2.81 bits per heavy atom. The third-order valence-electron chi connectivity index (χ3n) is 5.87. The normalized spacial score (nSPS) is 23.6. The third kappa shape index (κ3) is 2.61. The molecular weight excluding hydrogens is 328 g/mol. The van der Waals surface area contributed by atoms with E-state index in [0.717, 1.165) is 54.5 Å². The van der Waals surface area contributed by atoms with E-state index in [2.05, 4.69) is 27.9 Å². The summed E-state index contributed by atoms with van der Waals surface area (Å²) in [6, 6.07) is 6.22. The number of hydrogen-bond acceptors (Lipinski definition) is 5. The molecule has 7 nitrogen and oxygen atoms in total. The van der Waals surface area contributed by atoms with Crippen LogP contribution in [0.3, 0.4) is 0 Å². The Balaban J connectivity index is 1.45. The van der Waals surface area contributed by atoms with Gasteiger partial charge in [-0.25, -0.2) is 0 Å². The molecule has 2 aliphatic rings. The molecular formula is C19H24N6O. The first-order valence-corrected chi connectivity index (χ1v) is 9.59. The average molecular weight is 352 g/mol. The molecule has 5 rings (SSSR count). The van der Waals surface area contributed by atoms with Crippen molar-refractivity contribution in [3.63, 3.8) is 0 Å². The molecule has 1 saturated carbocycles. The second kappa shape index (κ2) is 6.16. The molecule has 2 unspecified atom stereocenters. The van der Waals surface area contributed by atoms with Crippen molar-refractivity contribution in [2.45, 2.75) is 45.6 Å². The zero-order valence-corrected chi connectivity index (χ0v) is 15.3. The van der Waals surface area contributed by atoms with Crippen LogP contribution in [-0.2, 0) is 11.3 Å². The van der Waals surface area contributed by atoms with E-state index in [0.29, 0.717) is 5.92 Å². The minimum Gasteiger partial charge on any atom is -0.381 e. The molecule has 2 fully saturated rings. The zero-order valence-electron chi connectivity index (χ0n) is 15.3. The summed E-state index contributed by atoms with van der Waals surface area (Å²) < 4.78 is 9.38. The summed E-state index contributed by atoms with van der Waals surface area (Å²) in [6.45, 7) is 6.73. The van der Waals surface area contributed by atoms with E-state index >= 15 is 0 Å². The van der Waals surface area contributed by atoms with E-state index in [1.807, 2.05) is 19.1 Å². The van der Waals surface area contributed by atoms with Crippen LogP contribution in [0.4, 0.5) is 0 Å². The molecule has 3 aromatic rings. The van der Waals surface area contributed by atoms with E-state index in [4.69, 9.17) is 14.9 Å². The molecule has 0 radical (unpaired) electrons. The highest BCUT2D eigenvalue weighted by Gasteiger charge is 2.45. The van der Waals surface area contributed by atoms with Gasteiger partial charge in [0.1, 0.15) is 5.69 Å². The fourth-order valence-corrected chi connectivity index (χ4v) is 4.32. The molecule has 0 spiro atoms. The van der Waals surface area contributed by atoms with Crippen molar-refractivity contribution in [2.75, 3.05) is 13.2 Å². The molecule has 4 heterocycles. The van der Waals surface area contributed by atoms with Gasteiger partial charge in [-0.05, 0) is 63.1 Å². The Bertz CT molecular complexity index is 939. The summed E-state index contributed by atoms with van der Waals surface area (Å²) in [4.78, 5) is 0. The van der Waals surface area contributed by atoms with Gasteiger partial charge in [-0.2, -0.15) is 14.7 Å². The molecule has 0 aromatic carbocycles. The van der Waals surface area contributed by atoms with E-state index in [-0.39, 0.29) is 0 Å². The Hall–Kier alpha value is -2.28. The van der Waals surface area contributed by atoms with Gasteiger partial charge in [0.05, 0.1) is 11.4 Å². The minimum absolute atomic E-state index is 0.602. The van der Waals surface area contributed by atoms with Crippen molar-refractivity contribution in [3.05, 3.63) is 29.7 Å². The van der Waals surface area contributed by atoms with Crippen LogP contribution in [0.15, 0.2) is 18.2 Å². The molecule has 26 heavy (non-hydrogen) atoms. The summed E-state index contributed by atoms with van der Waals surface area (Å²) in [7, 11) is 0. The second-order valence-electron chi connectivity index (χ2n) is 7.46. The van der Waals surface area contributed by atoms with Crippen LogP contribution >= 0.6 is 0 Å². The lowest BCUT2D eigenvalue weighted by molar-refractivity contribution is 0.0592. The maximum absolute atomic E-state index is 5.51. The first-order valence-electron chi connectivity index (χ1n) is 9.59. The molecule has 0 N–H and O–H groups in total. The molecule has 1 saturated heterocycles. The van der Waals surface area contributed by atoms with E-state index in [1.165, 1.54) is 25.0 Å². The maximum atomic E-state index is 5.51. The zero-order chi connectivity index (χ0) is 17.7. The van der Waals surface area contributed by atoms with Gasteiger partial charge in [-0.1, -0.05) is 0 Å². The molecule has 0 amide bonds. The number of ether oxygens (including phenoxy) is 1. The lowest BCUT2D eigenvalue weighted by atomic mass is 9.93. The largest absolute Gasteiger partial charge is 0.381 e. The highest BCUT2D eigenvalue weighted by atomic mass is 16.5. The van der Waals surface area contributed by atoms with Gasteiger partial charge < -0.3 is 4.74 Å². The Labute approximate surface area is 152 Å². The van der Waals surface area contributed by atoms with Crippen molar-refractivity contribution < 1.29 is 4.74 Å². The van der Waals surface area contributed by atoms with E-state index in [9.17, 15) is 0 Å². The van der Waals surface area contributed by atoms with Gasteiger partial charge in [-0.3, -0.25) is 4.68 Å². The van der Waals surface area contributed by atoms with Crippen molar-refractivity contribution >= 4 is 5.65 Å². The van der Waals surface area contributed by atoms with Crippen LogP contribution in [0.25, 0.3) is 17.0 Å². The van der Waals surface area contributed by atoms with Crippen LogP contribution in [0, 0.1) is 18.8 Å². The number of nitrogens with zero attached hydrogens (tertiary/aromatic N) is 6. The van der Waals surface area contributed by atoms with Crippen LogP contribution < -0.4 is 0 Å². The Kier molecular flexibility index (Phi) is 3.77. The standard InChI is InChI=1S/C19H24N6O/c1-3-24-18(16-4-5-19-21-20-12(2)25(19)23-16)11-17(22-24)15-10-14(15)13-6-8-26-9-7-13/h4-5,11,13-15H,3,6-10H2,1-2H3. The van der Waals surface area contributed by atoms with Crippen molar-refractivity contribution in [1.82, 2.24) is 29.6 Å². The van der Waals surface area contributed by atoms with Gasteiger partial charge in [0.2, 0.25) is 0 Å². The van der Waals surface area contributed by atoms with Crippen LogP contribution in [0.2, 0.25) is 0 Å². The van der Waals surface area contributed by atoms with Crippen molar-refractivity contribution in [2.24, 2.45) is 11.8 Å². The summed E-state index contributed by atoms with van der Waals surface area (Å²) in [5.74, 6) is 2.98. The lowest BCUT2D eigenvalue weighted by Crippen LogP contribution is -2.17. The summed E-state index contributed by atoms with van der Waals surface area (Å²) in [5.41, 5.74) is 4.00. The first kappa shape index (κ1) is 15.9. The van der Waals surface area contributed by atoms with Crippen LogP contribution in [0.5, 0.6) is 0 Å². The third-order valence-corrected chi connectivity index (χ3v) is 5.87.